The Morgan fingerprint density at radius 3 is 2.65 bits per heavy atom. The summed E-state index contributed by atoms with van der Waals surface area (Å²) in [6.45, 7) is 0. The SMILES string of the molecule is COc1ccc(NC(=O)C2C3CCC(C3)C2N)cc1[N+](=O)[O-].Cl. The van der Waals surface area contributed by atoms with E-state index in [4.69, 9.17) is 10.5 Å². The number of nitro groups is 1. The second-order valence-electron chi connectivity index (χ2n) is 6.07. The lowest BCUT2D eigenvalue weighted by atomic mass is 9.84. The molecule has 2 saturated carbocycles. The van der Waals surface area contributed by atoms with Gasteiger partial charge in [0.15, 0.2) is 5.75 Å². The lowest BCUT2D eigenvalue weighted by molar-refractivity contribution is -0.385. The second-order valence-corrected chi connectivity index (χ2v) is 6.07. The average molecular weight is 342 g/mol. The second kappa shape index (κ2) is 6.72. The quantitative estimate of drug-likeness (QED) is 0.645. The number of nitro benzene ring substituents is 1. The molecule has 2 aliphatic carbocycles. The van der Waals surface area contributed by atoms with Crippen LogP contribution >= 0.6 is 12.4 Å². The summed E-state index contributed by atoms with van der Waals surface area (Å²) in [7, 11) is 1.37. The van der Waals surface area contributed by atoms with E-state index >= 15 is 0 Å². The number of rotatable bonds is 4. The standard InChI is InChI=1S/C15H19N3O4.ClH/c1-22-12-5-4-10(7-11(12)18(20)21)17-15(19)13-8-2-3-9(6-8)14(13)16;/h4-5,7-9,13-14H,2-3,6,16H2,1H3,(H,17,19);1H. The fourth-order valence-corrected chi connectivity index (χ4v) is 3.86. The number of hydrogen-bond acceptors (Lipinski definition) is 5. The van der Waals surface area contributed by atoms with E-state index in [0.717, 1.165) is 19.3 Å². The minimum Gasteiger partial charge on any atom is -0.490 e. The summed E-state index contributed by atoms with van der Waals surface area (Å²) >= 11 is 0. The number of nitrogens with two attached hydrogens (primary N) is 1. The number of halogens is 1. The van der Waals surface area contributed by atoms with E-state index in [0.29, 0.717) is 17.5 Å². The largest absolute Gasteiger partial charge is 0.490 e. The van der Waals surface area contributed by atoms with Gasteiger partial charge in [-0.3, -0.25) is 14.9 Å². The lowest BCUT2D eigenvalue weighted by Gasteiger charge is -2.27. The van der Waals surface area contributed by atoms with Gasteiger partial charge in [0.25, 0.3) is 0 Å². The van der Waals surface area contributed by atoms with Gasteiger partial charge < -0.3 is 15.8 Å². The first-order valence-corrected chi connectivity index (χ1v) is 7.40. The lowest BCUT2D eigenvalue weighted by Crippen LogP contribution is -2.42. The summed E-state index contributed by atoms with van der Waals surface area (Å²) in [6, 6.07) is 4.29. The van der Waals surface area contributed by atoms with Crippen LogP contribution < -0.4 is 15.8 Å². The molecule has 1 aromatic carbocycles. The molecule has 4 unspecified atom stereocenters. The normalized spacial score (nSPS) is 28.1. The molecule has 1 aromatic rings. The molecule has 0 radical (unpaired) electrons. The van der Waals surface area contributed by atoms with Crippen LogP contribution in [0.4, 0.5) is 11.4 Å². The molecular weight excluding hydrogens is 322 g/mol. The van der Waals surface area contributed by atoms with Gasteiger partial charge in [0.1, 0.15) is 0 Å². The predicted octanol–water partition coefficient (Wildman–Crippen LogP) is 2.34. The maximum Gasteiger partial charge on any atom is 0.312 e. The number of nitrogens with zero attached hydrogens (tertiary/aromatic N) is 1. The number of fused-ring (bicyclic) bond motifs is 2. The van der Waals surface area contributed by atoms with Gasteiger partial charge in [-0.25, -0.2) is 0 Å². The molecule has 8 heteroatoms. The van der Waals surface area contributed by atoms with E-state index in [1.807, 2.05) is 0 Å². The van der Waals surface area contributed by atoms with Gasteiger partial charge in [0, 0.05) is 17.8 Å². The van der Waals surface area contributed by atoms with Gasteiger partial charge in [-0.15, -0.1) is 12.4 Å². The minimum absolute atomic E-state index is 0. The van der Waals surface area contributed by atoms with Crippen LogP contribution in [0, 0.1) is 27.9 Å². The average Bonchev–Trinajstić information content (AvgIpc) is 3.07. The van der Waals surface area contributed by atoms with E-state index in [-0.39, 0.29) is 41.7 Å². The Morgan fingerprint density at radius 1 is 1.39 bits per heavy atom. The van der Waals surface area contributed by atoms with Crippen molar-refractivity contribution in [3.05, 3.63) is 28.3 Å². The number of carbonyl (C=O) groups is 1. The maximum atomic E-state index is 12.5. The number of amides is 1. The molecule has 4 atom stereocenters. The molecule has 1 amide bonds. The molecule has 7 nitrogen and oxygen atoms in total. The molecular formula is C15H20ClN3O4. The van der Waals surface area contributed by atoms with Gasteiger partial charge in [-0.05, 0) is 43.2 Å². The van der Waals surface area contributed by atoms with Crippen molar-refractivity contribution in [2.24, 2.45) is 23.5 Å². The Labute approximate surface area is 140 Å². The highest BCUT2D eigenvalue weighted by molar-refractivity contribution is 5.94. The van der Waals surface area contributed by atoms with Crippen molar-refractivity contribution >= 4 is 29.7 Å². The fourth-order valence-electron chi connectivity index (χ4n) is 3.86. The van der Waals surface area contributed by atoms with Crippen molar-refractivity contribution in [1.82, 2.24) is 0 Å². The van der Waals surface area contributed by atoms with Crippen LogP contribution in [0.15, 0.2) is 18.2 Å². The Balaban J connectivity index is 0.00000192. The number of carbonyl (C=O) groups excluding carboxylic acids is 1. The Kier molecular flexibility index (Phi) is 5.11. The van der Waals surface area contributed by atoms with Crippen LogP contribution in [0.5, 0.6) is 5.75 Å². The summed E-state index contributed by atoms with van der Waals surface area (Å²) in [5, 5.41) is 13.8. The van der Waals surface area contributed by atoms with Gasteiger partial charge >= 0.3 is 5.69 Å². The van der Waals surface area contributed by atoms with E-state index in [1.54, 1.807) is 6.07 Å². The van der Waals surface area contributed by atoms with E-state index in [2.05, 4.69) is 5.32 Å². The monoisotopic (exact) mass is 341 g/mol. The van der Waals surface area contributed by atoms with Crippen LogP contribution in [0.1, 0.15) is 19.3 Å². The number of anilines is 1. The van der Waals surface area contributed by atoms with Crippen molar-refractivity contribution < 1.29 is 14.5 Å². The zero-order valence-corrected chi connectivity index (χ0v) is 13.5. The van der Waals surface area contributed by atoms with Crippen LogP contribution in [0.25, 0.3) is 0 Å². The summed E-state index contributed by atoms with van der Waals surface area (Å²) in [5.41, 5.74) is 6.38. The Bertz CT molecular complexity index is 623. The molecule has 3 rings (SSSR count). The number of hydrogen-bond donors (Lipinski definition) is 2. The highest BCUT2D eigenvalue weighted by atomic mass is 35.5. The molecule has 0 aliphatic heterocycles. The molecule has 2 aliphatic rings. The van der Waals surface area contributed by atoms with Gasteiger partial charge in [0.2, 0.25) is 5.91 Å². The zero-order valence-electron chi connectivity index (χ0n) is 12.7. The van der Waals surface area contributed by atoms with Crippen LogP contribution in [-0.2, 0) is 4.79 Å². The molecule has 3 N–H and O–H groups in total. The first kappa shape index (κ1) is 17.5. The van der Waals surface area contributed by atoms with Crippen LogP contribution in [-0.4, -0.2) is 24.0 Å². The van der Waals surface area contributed by atoms with Crippen molar-refractivity contribution in [2.45, 2.75) is 25.3 Å². The highest BCUT2D eigenvalue weighted by Crippen LogP contribution is 2.48. The Morgan fingerprint density at radius 2 is 2.09 bits per heavy atom. The fraction of sp³-hybridized carbons (Fsp3) is 0.533. The predicted molar refractivity (Wildman–Crippen MR) is 87.8 cm³/mol. The molecule has 126 valence electrons. The Hall–Kier alpha value is -1.86. The molecule has 2 bridgehead atoms. The molecule has 0 spiro atoms. The topological polar surface area (TPSA) is 107 Å². The van der Waals surface area contributed by atoms with Gasteiger partial charge in [-0.2, -0.15) is 0 Å². The van der Waals surface area contributed by atoms with Crippen LogP contribution in [0.2, 0.25) is 0 Å². The van der Waals surface area contributed by atoms with Crippen LogP contribution in [0.3, 0.4) is 0 Å². The van der Waals surface area contributed by atoms with E-state index in [1.165, 1.54) is 19.2 Å². The number of ether oxygens (including phenoxy) is 1. The molecule has 2 fully saturated rings. The highest BCUT2D eigenvalue weighted by Gasteiger charge is 2.49. The van der Waals surface area contributed by atoms with E-state index in [9.17, 15) is 14.9 Å². The van der Waals surface area contributed by atoms with Crippen molar-refractivity contribution in [2.75, 3.05) is 12.4 Å². The van der Waals surface area contributed by atoms with Crippen molar-refractivity contribution in [1.29, 1.82) is 0 Å². The first-order chi connectivity index (χ1) is 10.5. The number of nitrogens with one attached hydrogen (secondary N) is 1. The summed E-state index contributed by atoms with van der Waals surface area (Å²) < 4.78 is 4.95. The van der Waals surface area contributed by atoms with E-state index < -0.39 is 4.92 Å². The molecule has 0 heterocycles. The first-order valence-electron chi connectivity index (χ1n) is 7.40. The maximum absolute atomic E-state index is 12.5. The molecule has 0 aromatic heterocycles. The van der Waals surface area contributed by atoms with Crippen molar-refractivity contribution in [3.63, 3.8) is 0 Å². The minimum atomic E-state index is -0.530. The van der Waals surface area contributed by atoms with Gasteiger partial charge in [0.05, 0.1) is 18.0 Å². The third-order valence-corrected chi connectivity index (χ3v) is 4.93. The number of benzene rings is 1. The summed E-state index contributed by atoms with van der Waals surface area (Å²) in [5.74, 6) is 0.609. The summed E-state index contributed by atoms with van der Waals surface area (Å²) in [4.78, 5) is 23.0. The third kappa shape index (κ3) is 3.11. The summed E-state index contributed by atoms with van der Waals surface area (Å²) in [6.07, 6.45) is 3.16. The third-order valence-electron chi connectivity index (χ3n) is 4.93. The zero-order chi connectivity index (χ0) is 15.9. The van der Waals surface area contributed by atoms with Gasteiger partial charge in [-0.1, -0.05) is 0 Å². The molecule has 23 heavy (non-hydrogen) atoms. The smallest absolute Gasteiger partial charge is 0.312 e. The van der Waals surface area contributed by atoms with Crippen molar-refractivity contribution in [3.8, 4) is 5.75 Å². The number of methoxy groups -OCH3 is 1. The molecule has 0 saturated heterocycles.